The van der Waals surface area contributed by atoms with Crippen molar-refractivity contribution in [1.29, 1.82) is 0 Å². The molecule has 0 aliphatic rings. The number of alkyl halides is 3. The number of anilines is 1. The number of aromatic amines is 1. The van der Waals surface area contributed by atoms with Crippen LogP contribution in [0.3, 0.4) is 0 Å². The third kappa shape index (κ3) is 5.54. The molecule has 13 heteroatoms. The molecule has 0 fully saturated rings. The predicted molar refractivity (Wildman–Crippen MR) is 124 cm³/mol. The summed E-state index contributed by atoms with van der Waals surface area (Å²) in [7, 11) is 0. The molecule has 0 aliphatic heterocycles. The number of thiazole rings is 1. The first-order valence-electron chi connectivity index (χ1n) is 10.1. The lowest BCUT2D eigenvalue weighted by atomic mass is 10.1. The molecule has 3 heterocycles. The van der Waals surface area contributed by atoms with Gasteiger partial charge in [0.05, 0.1) is 21.8 Å². The van der Waals surface area contributed by atoms with Gasteiger partial charge in [-0.05, 0) is 24.6 Å². The van der Waals surface area contributed by atoms with Crippen LogP contribution in [0.5, 0.6) is 0 Å². The Morgan fingerprint density at radius 2 is 1.97 bits per heavy atom. The normalized spacial score (nSPS) is 11.5. The van der Waals surface area contributed by atoms with Crippen molar-refractivity contribution in [2.45, 2.75) is 25.9 Å². The number of hydrogen-bond acceptors (Lipinski definition) is 7. The molecule has 4 rings (SSSR count). The zero-order chi connectivity index (χ0) is 25.2. The summed E-state index contributed by atoms with van der Waals surface area (Å²) in [4.78, 5) is 44.5. The average molecular weight is 521 g/mol. The van der Waals surface area contributed by atoms with Gasteiger partial charge in [0.25, 0.3) is 5.91 Å². The molecule has 0 saturated heterocycles. The van der Waals surface area contributed by atoms with Crippen molar-refractivity contribution < 1.29 is 22.8 Å². The number of imidazole rings is 1. The minimum atomic E-state index is -4.53. The molecule has 0 aliphatic carbocycles. The molecule has 35 heavy (non-hydrogen) atoms. The van der Waals surface area contributed by atoms with Gasteiger partial charge < -0.3 is 10.3 Å². The van der Waals surface area contributed by atoms with E-state index in [2.05, 4.69) is 30.2 Å². The number of ketones is 1. The van der Waals surface area contributed by atoms with Crippen LogP contribution in [-0.2, 0) is 12.6 Å². The number of H-pyrrole nitrogens is 1. The van der Waals surface area contributed by atoms with E-state index in [0.717, 1.165) is 17.4 Å². The number of carbonyl (C=O) groups excluding carboxylic acids is 2. The van der Waals surface area contributed by atoms with Crippen molar-refractivity contribution in [2.24, 2.45) is 0 Å². The van der Waals surface area contributed by atoms with Crippen LogP contribution in [0.25, 0.3) is 11.5 Å². The van der Waals surface area contributed by atoms with Crippen molar-refractivity contribution in [2.75, 3.05) is 5.32 Å². The highest BCUT2D eigenvalue weighted by molar-refractivity contribution is 7.13. The van der Waals surface area contributed by atoms with E-state index in [4.69, 9.17) is 11.6 Å². The van der Waals surface area contributed by atoms with Gasteiger partial charge in [-0.2, -0.15) is 13.2 Å². The number of amides is 1. The van der Waals surface area contributed by atoms with Gasteiger partial charge in [0, 0.05) is 30.9 Å². The molecule has 180 valence electrons. The SMILES string of the molecule is Cc1ccc(NC(=O)c2cnc(CCC(=O)c3ncnc(-c4ncc[nH]4)c3Cl)s2)cc1C(F)(F)F. The maximum Gasteiger partial charge on any atom is 0.416 e. The molecule has 4 aromatic rings. The highest BCUT2D eigenvalue weighted by atomic mass is 35.5. The van der Waals surface area contributed by atoms with Crippen LogP contribution in [0.1, 0.15) is 42.7 Å². The number of aromatic nitrogens is 5. The largest absolute Gasteiger partial charge is 0.416 e. The summed E-state index contributed by atoms with van der Waals surface area (Å²) >= 11 is 7.34. The number of halogens is 4. The summed E-state index contributed by atoms with van der Waals surface area (Å²) in [5, 5.41) is 3.02. The molecule has 0 radical (unpaired) electrons. The Hall–Kier alpha value is -3.64. The van der Waals surface area contributed by atoms with Crippen molar-refractivity contribution >= 4 is 40.3 Å². The molecule has 8 nitrogen and oxygen atoms in total. The van der Waals surface area contributed by atoms with Gasteiger partial charge in [-0.15, -0.1) is 11.3 Å². The Kier molecular flexibility index (Phi) is 6.94. The lowest BCUT2D eigenvalue weighted by Crippen LogP contribution is -2.13. The van der Waals surface area contributed by atoms with Gasteiger partial charge in [-0.25, -0.2) is 19.9 Å². The van der Waals surface area contributed by atoms with Crippen LogP contribution in [0.4, 0.5) is 18.9 Å². The molecule has 0 spiro atoms. The second-order valence-corrected chi connectivity index (χ2v) is 8.84. The Labute approximate surface area is 205 Å². The number of carbonyl (C=O) groups is 2. The minimum absolute atomic E-state index is 0.0174. The monoisotopic (exact) mass is 520 g/mol. The zero-order valence-electron chi connectivity index (χ0n) is 18.0. The number of nitrogens with one attached hydrogen (secondary N) is 2. The molecule has 0 bridgehead atoms. The van der Waals surface area contributed by atoms with E-state index >= 15 is 0 Å². The van der Waals surface area contributed by atoms with Crippen LogP contribution < -0.4 is 5.32 Å². The van der Waals surface area contributed by atoms with E-state index < -0.39 is 17.6 Å². The van der Waals surface area contributed by atoms with Gasteiger partial charge in [0.2, 0.25) is 0 Å². The molecule has 1 amide bonds. The molecule has 1 aromatic carbocycles. The van der Waals surface area contributed by atoms with E-state index in [9.17, 15) is 22.8 Å². The quantitative estimate of drug-likeness (QED) is 0.317. The van der Waals surface area contributed by atoms with Crippen molar-refractivity contribution in [3.63, 3.8) is 0 Å². The highest BCUT2D eigenvalue weighted by Gasteiger charge is 2.32. The van der Waals surface area contributed by atoms with Crippen LogP contribution >= 0.6 is 22.9 Å². The summed E-state index contributed by atoms with van der Waals surface area (Å²) in [5.41, 5.74) is -0.406. The van der Waals surface area contributed by atoms with Gasteiger partial charge >= 0.3 is 6.18 Å². The van der Waals surface area contributed by atoms with Crippen LogP contribution in [0, 0.1) is 6.92 Å². The number of rotatable bonds is 7. The van der Waals surface area contributed by atoms with E-state index in [1.54, 1.807) is 6.20 Å². The summed E-state index contributed by atoms with van der Waals surface area (Å²) in [6, 6.07) is 3.57. The second-order valence-electron chi connectivity index (χ2n) is 7.35. The van der Waals surface area contributed by atoms with Crippen LogP contribution in [0.2, 0.25) is 5.02 Å². The lowest BCUT2D eigenvalue weighted by molar-refractivity contribution is -0.138. The molecular formula is C22H16ClF3N6O2S. The molecule has 0 saturated carbocycles. The van der Waals surface area contributed by atoms with Crippen molar-refractivity contribution in [3.05, 3.63) is 74.8 Å². The molecule has 0 unspecified atom stereocenters. The number of nitrogens with zero attached hydrogens (tertiary/aromatic N) is 4. The fourth-order valence-corrected chi connectivity index (χ4v) is 4.30. The van der Waals surface area contributed by atoms with Crippen molar-refractivity contribution in [3.8, 4) is 11.5 Å². The Bertz CT molecular complexity index is 1390. The average Bonchev–Trinajstić information content (AvgIpc) is 3.51. The maximum atomic E-state index is 13.1. The smallest absolute Gasteiger partial charge is 0.343 e. The van der Waals surface area contributed by atoms with Gasteiger partial charge in [0.15, 0.2) is 11.6 Å². The second kappa shape index (κ2) is 9.92. The number of aryl methyl sites for hydroxylation is 2. The van der Waals surface area contributed by atoms with Crippen LogP contribution in [-0.4, -0.2) is 36.6 Å². The van der Waals surface area contributed by atoms with E-state index in [-0.39, 0.29) is 45.5 Å². The van der Waals surface area contributed by atoms with E-state index in [0.29, 0.717) is 16.5 Å². The molecular weight excluding hydrogens is 505 g/mol. The van der Waals surface area contributed by atoms with Crippen LogP contribution in [0.15, 0.2) is 43.1 Å². The standard InChI is InChI=1S/C22H16ClF3N6O2S/c1-11-2-3-12(8-13(11)22(24,25)26)32-21(34)15-9-29-16(35-15)5-4-14(33)18-17(23)19(31-10-30-18)20-27-6-7-28-20/h2-3,6-10H,4-5H2,1H3,(H,27,28)(H,32,34). The fourth-order valence-electron chi connectivity index (χ4n) is 3.19. The van der Waals surface area contributed by atoms with E-state index in [1.165, 1.54) is 37.8 Å². The summed E-state index contributed by atoms with van der Waals surface area (Å²) < 4.78 is 39.3. The lowest BCUT2D eigenvalue weighted by Gasteiger charge is -2.12. The van der Waals surface area contributed by atoms with Gasteiger partial charge in [-0.3, -0.25) is 9.59 Å². The highest BCUT2D eigenvalue weighted by Crippen LogP contribution is 2.33. The molecule has 3 aromatic heterocycles. The first-order chi connectivity index (χ1) is 16.6. The third-order valence-electron chi connectivity index (χ3n) is 4.92. The number of Topliss-reactive ketones (excluding diaryl/α,β-unsaturated/α-hetero) is 1. The molecule has 0 atom stereocenters. The first kappa shape index (κ1) is 24.5. The van der Waals surface area contributed by atoms with Gasteiger partial charge in [0.1, 0.15) is 22.6 Å². The predicted octanol–water partition coefficient (Wildman–Crippen LogP) is 5.37. The van der Waals surface area contributed by atoms with E-state index in [1.807, 2.05) is 0 Å². The third-order valence-corrected chi connectivity index (χ3v) is 6.33. The summed E-state index contributed by atoms with van der Waals surface area (Å²) in [6.45, 7) is 1.34. The topological polar surface area (TPSA) is 114 Å². The minimum Gasteiger partial charge on any atom is -0.343 e. The summed E-state index contributed by atoms with van der Waals surface area (Å²) in [6.07, 6.45) is 1.37. The zero-order valence-corrected chi connectivity index (χ0v) is 19.6. The molecule has 2 N–H and O–H groups in total. The van der Waals surface area contributed by atoms with Crippen molar-refractivity contribution in [1.82, 2.24) is 24.9 Å². The Morgan fingerprint density at radius 3 is 2.69 bits per heavy atom. The number of benzene rings is 1. The maximum absolute atomic E-state index is 13.1. The Morgan fingerprint density at radius 1 is 1.17 bits per heavy atom. The number of hydrogen-bond donors (Lipinski definition) is 2. The van der Waals surface area contributed by atoms with Gasteiger partial charge in [-0.1, -0.05) is 17.7 Å². The first-order valence-corrected chi connectivity index (χ1v) is 11.3. The summed E-state index contributed by atoms with van der Waals surface area (Å²) in [5.74, 6) is -0.539. The Balaban J connectivity index is 1.41. The fraction of sp³-hybridized carbons (Fsp3) is 0.182.